The molecule has 0 fully saturated rings. The maximum atomic E-state index is 11.3. The highest BCUT2D eigenvalue weighted by molar-refractivity contribution is 5.53. The van der Waals surface area contributed by atoms with Crippen LogP contribution in [0.3, 0.4) is 0 Å². The largest absolute Gasteiger partial charge is 0.394 e. The van der Waals surface area contributed by atoms with Gasteiger partial charge in [-0.3, -0.25) is 4.79 Å². The van der Waals surface area contributed by atoms with Crippen LogP contribution in [0.4, 0.5) is 0 Å². The van der Waals surface area contributed by atoms with E-state index < -0.39 is 0 Å². The number of hydrogen-bond acceptors (Lipinski definition) is 2. The topological polar surface area (TPSA) is 40.5 Å². The van der Waals surface area contributed by atoms with Crippen LogP contribution in [0.1, 0.15) is 22.6 Å². The summed E-state index contributed by atoms with van der Waals surface area (Å²) in [4.78, 5) is 13.0. The van der Waals surface area contributed by atoms with Crippen LogP contribution < -0.4 is 0 Å². The summed E-state index contributed by atoms with van der Waals surface area (Å²) in [5, 5.41) is 9.75. The second-order valence-electron chi connectivity index (χ2n) is 5.11. The molecular formula is C17H17NO2. The van der Waals surface area contributed by atoms with Crippen molar-refractivity contribution in [2.24, 2.45) is 0 Å². The third kappa shape index (κ3) is 2.10. The normalized spacial score (nSPS) is 21.4. The van der Waals surface area contributed by atoms with Crippen molar-refractivity contribution in [3.63, 3.8) is 0 Å². The molecule has 1 amide bonds. The zero-order valence-electron chi connectivity index (χ0n) is 11.1. The Kier molecular flexibility index (Phi) is 3.52. The molecule has 1 N–H and O–H groups in total. The molecule has 2 atom stereocenters. The summed E-state index contributed by atoms with van der Waals surface area (Å²) < 4.78 is 0. The summed E-state index contributed by atoms with van der Waals surface area (Å²) in [6.45, 7) is 0.529. The van der Waals surface area contributed by atoms with Crippen LogP contribution in [0.15, 0.2) is 54.6 Å². The Balaban J connectivity index is 2.14. The van der Waals surface area contributed by atoms with Crippen molar-refractivity contribution in [2.75, 3.05) is 6.61 Å². The number of aliphatic hydroxyl groups excluding tert-OH is 1. The van der Waals surface area contributed by atoms with E-state index in [4.69, 9.17) is 0 Å². The molecule has 0 spiro atoms. The first kappa shape index (κ1) is 12.9. The van der Waals surface area contributed by atoms with E-state index in [0.717, 1.165) is 17.5 Å². The SMILES string of the molecule is O=CN1Cc2ccccc2[C@@H](c2ccccc2)[C@@H]1CO. The minimum atomic E-state index is -0.204. The van der Waals surface area contributed by atoms with Gasteiger partial charge in [-0.15, -0.1) is 0 Å². The first-order valence-electron chi connectivity index (χ1n) is 6.80. The highest BCUT2D eigenvalue weighted by Gasteiger charge is 2.34. The van der Waals surface area contributed by atoms with Crippen molar-refractivity contribution >= 4 is 6.41 Å². The predicted molar refractivity (Wildman–Crippen MR) is 77.2 cm³/mol. The molecule has 0 saturated carbocycles. The average Bonchev–Trinajstić information content (AvgIpc) is 2.53. The molecule has 2 aromatic rings. The van der Waals surface area contributed by atoms with Gasteiger partial charge in [-0.2, -0.15) is 0 Å². The molecule has 0 unspecified atom stereocenters. The van der Waals surface area contributed by atoms with Gasteiger partial charge in [0.05, 0.1) is 12.6 Å². The van der Waals surface area contributed by atoms with E-state index in [9.17, 15) is 9.90 Å². The zero-order chi connectivity index (χ0) is 13.9. The van der Waals surface area contributed by atoms with Crippen LogP contribution in [0.5, 0.6) is 0 Å². The Bertz CT molecular complexity index is 597. The van der Waals surface area contributed by atoms with Gasteiger partial charge in [-0.1, -0.05) is 54.6 Å². The number of aliphatic hydroxyl groups is 1. The van der Waals surface area contributed by atoms with Gasteiger partial charge in [0.2, 0.25) is 6.41 Å². The maximum Gasteiger partial charge on any atom is 0.210 e. The zero-order valence-corrected chi connectivity index (χ0v) is 11.1. The lowest BCUT2D eigenvalue weighted by molar-refractivity contribution is -0.122. The maximum absolute atomic E-state index is 11.3. The number of amides is 1. The Morgan fingerprint density at radius 3 is 2.50 bits per heavy atom. The van der Waals surface area contributed by atoms with E-state index in [2.05, 4.69) is 24.3 Å². The number of carbonyl (C=O) groups excluding carboxylic acids is 1. The van der Waals surface area contributed by atoms with E-state index in [1.54, 1.807) is 4.90 Å². The Hall–Kier alpha value is -2.13. The molecule has 0 radical (unpaired) electrons. The molecule has 102 valence electrons. The summed E-state index contributed by atoms with van der Waals surface area (Å²) in [6.07, 6.45) is 0.840. The van der Waals surface area contributed by atoms with Gasteiger partial charge < -0.3 is 10.0 Å². The highest BCUT2D eigenvalue weighted by Crippen LogP contribution is 2.37. The van der Waals surface area contributed by atoms with E-state index in [-0.39, 0.29) is 18.6 Å². The Labute approximate surface area is 118 Å². The quantitative estimate of drug-likeness (QED) is 0.866. The lowest BCUT2D eigenvalue weighted by Gasteiger charge is -2.40. The monoisotopic (exact) mass is 267 g/mol. The van der Waals surface area contributed by atoms with Gasteiger partial charge in [-0.05, 0) is 16.7 Å². The molecular weight excluding hydrogens is 250 g/mol. The molecule has 1 aliphatic heterocycles. The standard InChI is InChI=1S/C17H17NO2/c19-11-16-17(13-6-2-1-3-7-13)15-9-5-4-8-14(15)10-18(16)12-20/h1-9,12,16-17,19H,10-11H2/t16-,17+/m0/s1. The first-order valence-corrected chi connectivity index (χ1v) is 6.80. The second-order valence-corrected chi connectivity index (χ2v) is 5.11. The summed E-state index contributed by atoms with van der Waals surface area (Å²) in [5.41, 5.74) is 3.49. The molecule has 3 nitrogen and oxygen atoms in total. The molecule has 0 aromatic heterocycles. The van der Waals surface area contributed by atoms with Gasteiger partial charge in [0.1, 0.15) is 0 Å². The minimum Gasteiger partial charge on any atom is -0.394 e. The summed E-state index contributed by atoms with van der Waals surface area (Å²) >= 11 is 0. The summed E-state index contributed by atoms with van der Waals surface area (Å²) in [6, 6.07) is 18.0. The molecule has 3 rings (SSSR count). The van der Waals surface area contributed by atoms with E-state index in [0.29, 0.717) is 6.54 Å². The third-order valence-electron chi connectivity index (χ3n) is 4.03. The lowest BCUT2D eigenvalue weighted by atomic mass is 9.79. The fourth-order valence-electron chi connectivity index (χ4n) is 3.08. The average molecular weight is 267 g/mol. The number of benzene rings is 2. The van der Waals surface area contributed by atoms with Crippen molar-refractivity contribution in [3.05, 3.63) is 71.3 Å². The third-order valence-corrected chi connectivity index (χ3v) is 4.03. The minimum absolute atomic E-state index is 0.0244. The van der Waals surface area contributed by atoms with Gasteiger partial charge in [0.25, 0.3) is 0 Å². The molecule has 3 heteroatoms. The van der Waals surface area contributed by atoms with Gasteiger partial charge in [0.15, 0.2) is 0 Å². The smallest absolute Gasteiger partial charge is 0.210 e. The van der Waals surface area contributed by atoms with Crippen molar-refractivity contribution in [3.8, 4) is 0 Å². The predicted octanol–water partition coefficient (Wildman–Crippen LogP) is 2.15. The van der Waals surface area contributed by atoms with E-state index >= 15 is 0 Å². The molecule has 20 heavy (non-hydrogen) atoms. The van der Waals surface area contributed by atoms with Crippen molar-refractivity contribution < 1.29 is 9.90 Å². The molecule has 0 aliphatic carbocycles. The van der Waals surface area contributed by atoms with Crippen molar-refractivity contribution in [2.45, 2.75) is 18.5 Å². The van der Waals surface area contributed by atoms with Gasteiger partial charge >= 0.3 is 0 Å². The molecule has 1 heterocycles. The Morgan fingerprint density at radius 2 is 1.80 bits per heavy atom. The number of nitrogens with zero attached hydrogens (tertiary/aromatic N) is 1. The molecule has 2 aromatic carbocycles. The fraction of sp³-hybridized carbons (Fsp3) is 0.235. The summed E-state index contributed by atoms with van der Waals surface area (Å²) in [7, 11) is 0. The number of rotatable bonds is 3. The number of carbonyl (C=O) groups is 1. The number of hydrogen-bond donors (Lipinski definition) is 1. The first-order chi connectivity index (χ1) is 9.85. The second kappa shape index (κ2) is 5.47. The van der Waals surface area contributed by atoms with Gasteiger partial charge in [-0.25, -0.2) is 0 Å². The van der Waals surface area contributed by atoms with Crippen LogP contribution in [0, 0.1) is 0 Å². The lowest BCUT2D eigenvalue weighted by Crippen LogP contribution is -2.45. The van der Waals surface area contributed by atoms with Crippen LogP contribution in [0.25, 0.3) is 0 Å². The molecule has 0 saturated heterocycles. The highest BCUT2D eigenvalue weighted by atomic mass is 16.3. The number of fused-ring (bicyclic) bond motifs is 1. The van der Waals surface area contributed by atoms with Crippen LogP contribution in [0.2, 0.25) is 0 Å². The van der Waals surface area contributed by atoms with Crippen molar-refractivity contribution in [1.82, 2.24) is 4.90 Å². The fourth-order valence-corrected chi connectivity index (χ4v) is 3.08. The van der Waals surface area contributed by atoms with E-state index in [1.807, 2.05) is 30.3 Å². The van der Waals surface area contributed by atoms with Gasteiger partial charge in [0, 0.05) is 12.5 Å². The summed E-state index contributed by atoms with van der Waals surface area (Å²) in [5.74, 6) is 0.0244. The molecule has 0 bridgehead atoms. The Morgan fingerprint density at radius 1 is 1.10 bits per heavy atom. The van der Waals surface area contributed by atoms with E-state index in [1.165, 1.54) is 5.56 Å². The van der Waals surface area contributed by atoms with Crippen LogP contribution in [-0.2, 0) is 11.3 Å². The molecule has 1 aliphatic rings. The van der Waals surface area contributed by atoms with Crippen LogP contribution in [-0.4, -0.2) is 29.1 Å². The van der Waals surface area contributed by atoms with Crippen molar-refractivity contribution in [1.29, 1.82) is 0 Å². The van der Waals surface area contributed by atoms with Crippen LogP contribution >= 0.6 is 0 Å².